The third kappa shape index (κ3) is 2.72. The highest BCUT2D eigenvalue weighted by molar-refractivity contribution is 5.74. The van der Waals surface area contributed by atoms with E-state index >= 15 is 0 Å². The molecule has 1 aromatic heterocycles. The van der Waals surface area contributed by atoms with Gasteiger partial charge in [0, 0.05) is 24.6 Å². The lowest BCUT2D eigenvalue weighted by Crippen LogP contribution is -2.14. The summed E-state index contributed by atoms with van der Waals surface area (Å²) >= 11 is 0. The van der Waals surface area contributed by atoms with E-state index in [1.54, 1.807) is 12.1 Å². The van der Waals surface area contributed by atoms with Crippen molar-refractivity contribution in [3.63, 3.8) is 0 Å². The highest BCUT2D eigenvalue weighted by Crippen LogP contribution is 2.39. The second kappa shape index (κ2) is 5.46. The average Bonchev–Trinajstić information content (AvgIpc) is 3.29. The Morgan fingerprint density at radius 1 is 1.35 bits per heavy atom. The lowest BCUT2D eigenvalue weighted by atomic mass is 10.1. The SMILES string of the molecule is NCCNc1cnc(C2CC2)nc1-c1cccc(O)c1. The van der Waals surface area contributed by atoms with Crippen molar-refractivity contribution in [2.24, 2.45) is 5.73 Å². The zero-order valence-corrected chi connectivity index (χ0v) is 11.2. The summed E-state index contributed by atoms with van der Waals surface area (Å²) in [4.78, 5) is 9.10. The van der Waals surface area contributed by atoms with Gasteiger partial charge in [-0.25, -0.2) is 9.97 Å². The molecule has 1 aliphatic rings. The van der Waals surface area contributed by atoms with Gasteiger partial charge in [-0.2, -0.15) is 0 Å². The number of anilines is 1. The third-order valence-electron chi connectivity index (χ3n) is 3.33. The second-order valence-corrected chi connectivity index (χ2v) is 5.03. The van der Waals surface area contributed by atoms with E-state index in [-0.39, 0.29) is 5.75 Å². The van der Waals surface area contributed by atoms with Gasteiger partial charge < -0.3 is 16.2 Å². The third-order valence-corrected chi connectivity index (χ3v) is 3.33. The molecule has 0 spiro atoms. The highest BCUT2D eigenvalue weighted by atomic mass is 16.3. The Bertz CT molecular complexity index is 611. The normalized spacial score (nSPS) is 14.2. The number of benzene rings is 1. The Morgan fingerprint density at radius 2 is 2.20 bits per heavy atom. The number of rotatable bonds is 5. The quantitative estimate of drug-likeness (QED) is 0.775. The van der Waals surface area contributed by atoms with Crippen LogP contribution in [0.3, 0.4) is 0 Å². The largest absolute Gasteiger partial charge is 0.508 e. The minimum Gasteiger partial charge on any atom is -0.508 e. The number of phenols is 1. The summed E-state index contributed by atoms with van der Waals surface area (Å²) in [6, 6.07) is 7.12. The number of phenolic OH excluding ortho intramolecular Hbond substituents is 1. The molecule has 0 bridgehead atoms. The first kappa shape index (κ1) is 12.9. The van der Waals surface area contributed by atoms with Crippen molar-refractivity contribution in [2.75, 3.05) is 18.4 Å². The Balaban J connectivity index is 2.01. The fraction of sp³-hybridized carbons (Fsp3) is 0.333. The predicted octanol–water partition coefficient (Wildman–Crippen LogP) is 2.10. The van der Waals surface area contributed by atoms with Crippen molar-refractivity contribution in [3.8, 4) is 17.0 Å². The molecule has 1 saturated carbocycles. The van der Waals surface area contributed by atoms with Crippen LogP contribution in [-0.2, 0) is 0 Å². The summed E-state index contributed by atoms with van der Waals surface area (Å²) in [6.07, 6.45) is 4.14. The Labute approximate surface area is 117 Å². The van der Waals surface area contributed by atoms with Gasteiger partial charge in [0.25, 0.3) is 0 Å². The maximum atomic E-state index is 9.65. The monoisotopic (exact) mass is 270 g/mol. The average molecular weight is 270 g/mol. The van der Waals surface area contributed by atoms with Crippen molar-refractivity contribution in [1.82, 2.24) is 9.97 Å². The van der Waals surface area contributed by atoms with Gasteiger partial charge in [0.2, 0.25) is 0 Å². The van der Waals surface area contributed by atoms with Crippen LogP contribution in [0.25, 0.3) is 11.3 Å². The first-order valence-electron chi connectivity index (χ1n) is 6.88. The molecule has 1 heterocycles. The molecule has 5 nitrogen and oxygen atoms in total. The van der Waals surface area contributed by atoms with E-state index in [1.807, 2.05) is 18.3 Å². The molecule has 0 unspecified atom stereocenters. The number of nitrogens with one attached hydrogen (secondary N) is 1. The topological polar surface area (TPSA) is 84.1 Å². The number of nitrogens with two attached hydrogens (primary N) is 1. The molecule has 104 valence electrons. The summed E-state index contributed by atoms with van der Waals surface area (Å²) in [5.41, 5.74) is 8.09. The smallest absolute Gasteiger partial charge is 0.132 e. The lowest BCUT2D eigenvalue weighted by molar-refractivity contribution is 0.475. The summed E-state index contributed by atoms with van der Waals surface area (Å²) in [6.45, 7) is 1.21. The van der Waals surface area contributed by atoms with E-state index in [0.29, 0.717) is 19.0 Å². The van der Waals surface area contributed by atoms with Gasteiger partial charge in [-0.15, -0.1) is 0 Å². The summed E-state index contributed by atoms with van der Waals surface area (Å²) in [5, 5.41) is 12.9. The molecule has 3 rings (SSSR count). The van der Waals surface area contributed by atoms with Crippen LogP contribution in [0, 0.1) is 0 Å². The van der Waals surface area contributed by atoms with Crippen LogP contribution in [0.15, 0.2) is 30.5 Å². The zero-order chi connectivity index (χ0) is 13.9. The van der Waals surface area contributed by atoms with Gasteiger partial charge in [-0.3, -0.25) is 0 Å². The van der Waals surface area contributed by atoms with Crippen LogP contribution >= 0.6 is 0 Å². The van der Waals surface area contributed by atoms with Crippen molar-refractivity contribution in [1.29, 1.82) is 0 Å². The molecule has 0 atom stereocenters. The first-order chi connectivity index (χ1) is 9.78. The second-order valence-electron chi connectivity index (χ2n) is 5.03. The van der Waals surface area contributed by atoms with E-state index < -0.39 is 0 Å². The van der Waals surface area contributed by atoms with E-state index in [4.69, 9.17) is 5.73 Å². The van der Waals surface area contributed by atoms with Gasteiger partial charge in [0.15, 0.2) is 0 Å². The van der Waals surface area contributed by atoms with Crippen LogP contribution in [0.1, 0.15) is 24.6 Å². The predicted molar refractivity (Wildman–Crippen MR) is 78.7 cm³/mol. The van der Waals surface area contributed by atoms with E-state index in [9.17, 15) is 5.11 Å². The Kier molecular flexibility index (Phi) is 3.52. The molecular formula is C15H18N4O. The van der Waals surface area contributed by atoms with E-state index in [0.717, 1.165) is 35.6 Å². The summed E-state index contributed by atoms with van der Waals surface area (Å²) < 4.78 is 0. The molecule has 2 aromatic rings. The number of aromatic hydroxyl groups is 1. The molecule has 5 heteroatoms. The highest BCUT2D eigenvalue weighted by Gasteiger charge is 2.27. The maximum absolute atomic E-state index is 9.65. The fourth-order valence-electron chi connectivity index (χ4n) is 2.14. The standard InChI is InChI=1S/C15H18N4O/c16-6-7-17-13-9-18-15(10-4-5-10)19-14(13)11-2-1-3-12(20)8-11/h1-3,8-10,17,20H,4-7,16H2. The van der Waals surface area contributed by atoms with Gasteiger partial charge in [0.1, 0.15) is 11.6 Å². The minimum atomic E-state index is 0.235. The number of hydrogen-bond donors (Lipinski definition) is 3. The number of hydrogen-bond acceptors (Lipinski definition) is 5. The van der Waals surface area contributed by atoms with Crippen LogP contribution in [0.2, 0.25) is 0 Å². The van der Waals surface area contributed by atoms with E-state index in [2.05, 4.69) is 15.3 Å². The number of aromatic nitrogens is 2. The molecule has 0 saturated heterocycles. The first-order valence-corrected chi connectivity index (χ1v) is 6.88. The van der Waals surface area contributed by atoms with Crippen LogP contribution in [-0.4, -0.2) is 28.2 Å². The summed E-state index contributed by atoms with van der Waals surface area (Å²) in [5.74, 6) is 1.62. The zero-order valence-electron chi connectivity index (χ0n) is 11.2. The Hall–Kier alpha value is -2.14. The van der Waals surface area contributed by atoms with Gasteiger partial charge in [0.05, 0.1) is 17.6 Å². The minimum absolute atomic E-state index is 0.235. The maximum Gasteiger partial charge on any atom is 0.132 e. The van der Waals surface area contributed by atoms with Crippen LogP contribution in [0.5, 0.6) is 5.75 Å². The number of nitrogens with zero attached hydrogens (tertiary/aromatic N) is 2. The summed E-state index contributed by atoms with van der Waals surface area (Å²) in [7, 11) is 0. The van der Waals surface area contributed by atoms with Gasteiger partial charge in [-0.1, -0.05) is 12.1 Å². The lowest BCUT2D eigenvalue weighted by Gasteiger charge is -2.12. The van der Waals surface area contributed by atoms with Crippen molar-refractivity contribution in [3.05, 3.63) is 36.3 Å². The molecule has 0 aliphatic heterocycles. The van der Waals surface area contributed by atoms with Gasteiger partial charge in [-0.05, 0) is 25.0 Å². The molecule has 1 aliphatic carbocycles. The molecule has 1 fully saturated rings. The van der Waals surface area contributed by atoms with Crippen molar-refractivity contribution < 1.29 is 5.11 Å². The van der Waals surface area contributed by atoms with Crippen LogP contribution in [0.4, 0.5) is 5.69 Å². The van der Waals surface area contributed by atoms with Gasteiger partial charge >= 0.3 is 0 Å². The molecule has 4 N–H and O–H groups in total. The fourth-order valence-corrected chi connectivity index (χ4v) is 2.14. The van der Waals surface area contributed by atoms with E-state index in [1.165, 1.54) is 0 Å². The van der Waals surface area contributed by atoms with Crippen LogP contribution < -0.4 is 11.1 Å². The molecule has 20 heavy (non-hydrogen) atoms. The molecule has 0 radical (unpaired) electrons. The van der Waals surface area contributed by atoms with Crippen molar-refractivity contribution >= 4 is 5.69 Å². The molecular weight excluding hydrogens is 252 g/mol. The van der Waals surface area contributed by atoms with Crippen molar-refractivity contribution in [2.45, 2.75) is 18.8 Å². The molecule has 0 amide bonds. The Morgan fingerprint density at radius 3 is 2.90 bits per heavy atom. The molecule has 1 aromatic carbocycles.